The minimum absolute atomic E-state index is 0.0799. The topological polar surface area (TPSA) is 21.3 Å². The van der Waals surface area contributed by atoms with Crippen molar-refractivity contribution in [2.45, 2.75) is 45.8 Å². The van der Waals surface area contributed by atoms with E-state index in [9.17, 15) is 8.78 Å². The predicted octanol–water partition coefficient (Wildman–Crippen LogP) is 3.82. The highest BCUT2D eigenvalue weighted by atomic mass is 19.1. The second kappa shape index (κ2) is 8.23. The molecule has 2 nitrogen and oxygen atoms in total. The van der Waals surface area contributed by atoms with Crippen LogP contribution in [0.25, 0.3) is 0 Å². The van der Waals surface area contributed by atoms with Gasteiger partial charge in [0.1, 0.15) is 11.6 Å². The maximum Gasteiger partial charge on any atom is 0.131 e. The highest BCUT2D eigenvalue weighted by Gasteiger charge is 2.27. The number of benzene rings is 1. The number of hydrogen-bond acceptors (Lipinski definition) is 2. The van der Waals surface area contributed by atoms with Gasteiger partial charge in [0.05, 0.1) is 12.1 Å². The van der Waals surface area contributed by atoms with Gasteiger partial charge in [-0.2, -0.15) is 0 Å². The Morgan fingerprint density at radius 3 is 2.26 bits per heavy atom. The van der Waals surface area contributed by atoms with E-state index in [1.807, 2.05) is 20.8 Å². The van der Waals surface area contributed by atoms with E-state index >= 15 is 0 Å². The van der Waals surface area contributed by atoms with Crippen LogP contribution in [0.3, 0.4) is 0 Å². The van der Waals surface area contributed by atoms with E-state index < -0.39 is 17.7 Å². The van der Waals surface area contributed by atoms with Crippen LogP contribution in [0.4, 0.5) is 8.78 Å². The molecule has 0 aromatic heterocycles. The lowest BCUT2D eigenvalue weighted by atomic mass is 9.97. The van der Waals surface area contributed by atoms with Gasteiger partial charge in [0.15, 0.2) is 0 Å². The van der Waals surface area contributed by atoms with Gasteiger partial charge in [-0.25, -0.2) is 8.78 Å². The van der Waals surface area contributed by atoms with Gasteiger partial charge in [-0.1, -0.05) is 26.3 Å². The van der Waals surface area contributed by atoms with Gasteiger partial charge in [-0.15, -0.1) is 0 Å². The first-order valence-corrected chi connectivity index (χ1v) is 6.94. The maximum absolute atomic E-state index is 13.9. The van der Waals surface area contributed by atoms with Crippen molar-refractivity contribution in [3.05, 3.63) is 35.4 Å². The van der Waals surface area contributed by atoms with Crippen LogP contribution in [0.15, 0.2) is 18.2 Å². The summed E-state index contributed by atoms with van der Waals surface area (Å²) in [6.45, 7) is 7.01. The van der Waals surface area contributed by atoms with E-state index in [0.29, 0.717) is 13.2 Å². The van der Waals surface area contributed by atoms with Gasteiger partial charge < -0.3 is 10.1 Å². The lowest BCUT2D eigenvalue weighted by Gasteiger charge is -2.28. The molecule has 0 fully saturated rings. The highest BCUT2D eigenvalue weighted by molar-refractivity contribution is 5.24. The Labute approximate surface area is 114 Å². The number of rotatable bonds is 8. The molecule has 0 radical (unpaired) electrons. The second-order valence-electron chi connectivity index (χ2n) is 4.45. The van der Waals surface area contributed by atoms with Crippen LogP contribution in [-0.2, 0) is 4.74 Å². The molecule has 1 aromatic rings. The molecule has 19 heavy (non-hydrogen) atoms. The summed E-state index contributed by atoms with van der Waals surface area (Å²) in [7, 11) is 0. The van der Waals surface area contributed by atoms with E-state index in [2.05, 4.69) is 5.32 Å². The van der Waals surface area contributed by atoms with E-state index in [4.69, 9.17) is 4.74 Å². The monoisotopic (exact) mass is 271 g/mol. The molecule has 0 aliphatic heterocycles. The third-order valence-electron chi connectivity index (χ3n) is 3.06. The molecule has 2 unspecified atom stereocenters. The first-order chi connectivity index (χ1) is 9.15. The van der Waals surface area contributed by atoms with Crippen molar-refractivity contribution in [2.24, 2.45) is 0 Å². The Morgan fingerprint density at radius 2 is 1.79 bits per heavy atom. The Hall–Kier alpha value is -1.00. The Balaban J connectivity index is 3.09. The fourth-order valence-corrected chi connectivity index (χ4v) is 2.29. The Morgan fingerprint density at radius 1 is 1.16 bits per heavy atom. The first-order valence-electron chi connectivity index (χ1n) is 6.94. The van der Waals surface area contributed by atoms with Gasteiger partial charge in [-0.05, 0) is 32.0 Å². The molecule has 0 spiro atoms. The molecular weight excluding hydrogens is 248 g/mol. The minimum atomic E-state index is -0.522. The molecule has 2 atom stereocenters. The highest BCUT2D eigenvalue weighted by Crippen LogP contribution is 2.27. The molecule has 1 N–H and O–H groups in total. The molecule has 0 bridgehead atoms. The fourth-order valence-electron chi connectivity index (χ4n) is 2.29. The normalized spacial score (nSPS) is 14.4. The summed E-state index contributed by atoms with van der Waals surface area (Å²) in [5, 5.41) is 3.15. The largest absolute Gasteiger partial charge is 0.377 e. The minimum Gasteiger partial charge on any atom is -0.377 e. The average Bonchev–Trinajstić information content (AvgIpc) is 2.37. The maximum atomic E-state index is 13.9. The van der Waals surface area contributed by atoms with E-state index in [1.165, 1.54) is 18.2 Å². The molecule has 0 saturated carbocycles. The van der Waals surface area contributed by atoms with Crippen molar-refractivity contribution in [3.63, 3.8) is 0 Å². The van der Waals surface area contributed by atoms with Crippen LogP contribution < -0.4 is 5.32 Å². The Bertz CT molecular complexity index is 358. The molecule has 1 aromatic carbocycles. The third-order valence-corrected chi connectivity index (χ3v) is 3.06. The van der Waals surface area contributed by atoms with E-state index in [-0.39, 0.29) is 11.7 Å². The molecule has 0 aliphatic rings. The molecule has 0 heterocycles. The van der Waals surface area contributed by atoms with Gasteiger partial charge in [0.2, 0.25) is 0 Å². The van der Waals surface area contributed by atoms with Crippen LogP contribution in [-0.4, -0.2) is 19.3 Å². The van der Waals surface area contributed by atoms with Crippen LogP contribution in [0.5, 0.6) is 0 Å². The summed E-state index contributed by atoms with van der Waals surface area (Å²) in [5.74, 6) is -1.04. The van der Waals surface area contributed by atoms with Gasteiger partial charge in [0, 0.05) is 12.2 Å². The van der Waals surface area contributed by atoms with E-state index in [1.54, 1.807) is 0 Å². The third kappa shape index (κ3) is 4.25. The van der Waals surface area contributed by atoms with Gasteiger partial charge >= 0.3 is 0 Å². The standard InChI is InChI=1S/C15H23F2NO/c1-4-8-13(19-6-3)15(18-5-2)14-11(16)9-7-10-12(14)17/h7,9-10,13,15,18H,4-6,8H2,1-3H3. The van der Waals surface area contributed by atoms with Crippen LogP contribution in [0.1, 0.15) is 45.2 Å². The Kier molecular flexibility index (Phi) is 6.95. The zero-order chi connectivity index (χ0) is 14.3. The molecule has 1 rings (SSSR count). The zero-order valence-electron chi connectivity index (χ0n) is 11.9. The summed E-state index contributed by atoms with van der Waals surface area (Å²) in [6, 6.07) is 3.51. The van der Waals surface area contributed by atoms with Crippen LogP contribution >= 0.6 is 0 Å². The summed E-state index contributed by atoms with van der Waals surface area (Å²) in [6.07, 6.45) is 1.45. The van der Waals surface area contributed by atoms with Crippen molar-refractivity contribution in [1.29, 1.82) is 0 Å². The molecule has 0 aliphatic carbocycles. The number of hydrogen-bond donors (Lipinski definition) is 1. The summed E-state index contributed by atoms with van der Waals surface area (Å²) in [4.78, 5) is 0. The van der Waals surface area contributed by atoms with Crippen LogP contribution in [0, 0.1) is 11.6 Å². The lowest BCUT2D eigenvalue weighted by Crippen LogP contribution is -2.35. The smallest absolute Gasteiger partial charge is 0.131 e. The molecule has 108 valence electrons. The first kappa shape index (κ1) is 16.1. The summed E-state index contributed by atoms with van der Waals surface area (Å²) in [5.41, 5.74) is 0.0799. The molecule has 0 amide bonds. The van der Waals surface area contributed by atoms with Crippen molar-refractivity contribution in [2.75, 3.05) is 13.2 Å². The number of likely N-dealkylation sites (N-methyl/N-ethyl adjacent to an activating group) is 1. The fraction of sp³-hybridized carbons (Fsp3) is 0.600. The van der Waals surface area contributed by atoms with Gasteiger partial charge in [-0.3, -0.25) is 0 Å². The second-order valence-corrected chi connectivity index (χ2v) is 4.45. The van der Waals surface area contributed by atoms with Crippen molar-refractivity contribution in [1.82, 2.24) is 5.32 Å². The van der Waals surface area contributed by atoms with E-state index in [0.717, 1.165) is 12.8 Å². The summed E-state index contributed by atoms with van der Waals surface area (Å²) >= 11 is 0. The number of halogens is 2. The van der Waals surface area contributed by atoms with Gasteiger partial charge in [0.25, 0.3) is 0 Å². The molecule has 0 saturated heterocycles. The number of ether oxygens (including phenoxy) is 1. The number of nitrogens with one attached hydrogen (secondary N) is 1. The van der Waals surface area contributed by atoms with Crippen molar-refractivity contribution in [3.8, 4) is 0 Å². The molecular formula is C15H23F2NO. The molecule has 4 heteroatoms. The van der Waals surface area contributed by atoms with Crippen molar-refractivity contribution < 1.29 is 13.5 Å². The average molecular weight is 271 g/mol. The lowest BCUT2D eigenvalue weighted by molar-refractivity contribution is 0.0261. The predicted molar refractivity (Wildman–Crippen MR) is 73.1 cm³/mol. The summed E-state index contributed by atoms with van der Waals surface area (Å²) < 4.78 is 33.5. The quantitative estimate of drug-likeness (QED) is 0.776. The van der Waals surface area contributed by atoms with Crippen molar-refractivity contribution >= 4 is 0 Å². The zero-order valence-corrected chi connectivity index (χ0v) is 11.9. The van der Waals surface area contributed by atoms with Crippen LogP contribution in [0.2, 0.25) is 0 Å². The SMILES string of the molecule is CCCC(OCC)C(NCC)c1c(F)cccc1F.